The van der Waals surface area contributed by atoms with Crippen LogP contribution in [0, 0.1) is 6.92 Å². The number of hydrogen-bond donors (Lipinski definition) is 1. The molecule has 8 heteroatoms. The molecule has 0 aliphatic heterocycles. The Labute approximate surface area is 179 Å². The van der Waals surface area contributed by atoms with Crippen molar-refractivity contribution in [2.75, 3.05) is 24.4 Å². The molecule has 0 saturated heterocycles. The van der Waals surface area contributed by atoms with Gasteiger partial charge in [-0.3, -0.25) is 19.5 Å². The maximum absolute atomic E-state index is 13.1. The van der Waals surface area contributed by atoms with Crippen LogP contribution in [0.5, 0.6) is 0 Å². The maximum Gasteiger partial charge on any atom is 0.411 e. The Bertz CT molecular complexity index is 1260. The van der Waals surface area contributed by atoms with Crippen LogP contribution in [0.3, 0.4) is 0 Å². The lowest BCUT2D eigenvalue weighted by Gasteiger charge is -2.18. The lowest BCUT2D eigenvalue weighted by molar-refractivity contribution is 0.0992. The molecule has 156 valence electrons. The number of aromatic nitrogens is 3. The Morgan fingerprint density at radius 1 is 1.06 bits per heavy atom. The first-order valence-corrected chi connectivity index (χ1v) is 9.59. The summed E-state index contributed by atoms with van der Waals surface area (Å²) in [4.78, 5) is 34.6. The fourth-order valence-corrected chi connectivity index (χ4v) is 3.26. The zero-order chi connectivity index (χ0) is 22.0. The molecule has 3 aromatic heterocycles. The number of imidazole rings is 1. The van der Waals surface area contributed by atoms with Gasteiger partial charge in [0.15, 0.2) is 0 Å². The molecule has 1 aromatic carbocycles. The van der Waals surface area contributed by atoms with E-state index in [1.165, 1.54) is 7.11 Å². The largest absolute Gasteiger partial charge is 0.453 e. The van der Waals surface area contributed by atoms with Gasteiger partial charge in [-0.25, -0.2) is 9.78 Å². The fraction of sp³-hybridized carbons (Fsp3) is 0.130. The Balaban J connectivity index is 1.65. The van der Waals surface area contributed by atoms with Crippen LogP contribution in [0.1, 0.15) is 16.1 Å². The minimum Gasteiger partial charge on any atom is -0.453 e. The summed E-state index contributed by atoms with van der Waals surface area (Å²) in [6.07, 6.45) is 4.69. The van der Waals surface area contributed by atoms with Gasteiger partial charge in [0.25, 0.3) is 5.91 Å². The van der Waals surface area contributed by atoms with Gasteiger partial charge in [0.1, 0.15) is 5.65 Å². The number of benzene rings is 1. The molecular weight excluding hydrogens is 394 g/mol. The highest BCUT2D eigenvalue weighted by Gasteiger charge is 2.16. The normalized spacial score (nSPS) is 10.7. The first-order valence-electron chi connectivity index (χ1n) is 9.59. The first kappa shape index (κ1) is 20.1. The number of rotatable bonds is 4. The van der Waals surface area contributed by atoms with Crippen LogP contribution in [0.4, 0.5) is 16.2 Å². The number of fused-ring (bicyclic) bond motifs is 1. The smallest absolute Gasteiger partial charge is 0.411 e. The number of aryl methyl sites for hydroxylation is 1. The van der Waals surface area contributed by atoms with Crippen molar-refractivity contribution < 1.29 is 14.3 Å². The van der Waals surface area contributed by atoms with E-state index in [-0.39, 0.29) is 5.91 Å². The minimum atomic E-state index is -0.529. The van der Waals surface area contributed by atoms with E-state index in [2.05, 4.69) is 20.0 Å². The summed E-state index contributed by atoms with van der Waals surface area (Å²) in [6, 6.07) is 14.5. The Morgan fingerprint density at radius 3 is 2.55 bits per heavy atom. The average Bonchev–Trinajstić information content (AvgIpc) is 3.21. The third kappa shape index (κ3) is 4.09. The molecule has 0 atom stereocenters. The minimum absolute atomic E-state index is 0.134. The SMILES string of the molecule is COC(=O)Nc1ccc(-c2cnc3ccc(C(=O)N(C)c4ccnc(C)c4)cn23)cc1. The van der Waals surface area contributed by atoms with Crippen LogP contribution >= 0.6 is 0 Å². The zero-order valence-electron chi connectivity index (χ0n) is 17.4. The summed E-state index contributed by atoms with van der Waals surface area (Å²) in [5.74, 6) is -0.134. The molecule has 0 bridgehead atoms. The number of nitrogens with zero attached hydrogens (tertiary/aromatic N) is 4. The lowest BCUT2D eigenvalue weighted by Crippen LogP contribution is -2.26. The van der Waals surface area contributed by atoms with E-state index in [0.717, 1.165) is 28.3 Å². The molecule has 3 heterocycles. The average molecular weight is 415 g/mol. The van der Waals surface area contributed by atoms with E-state index in [0.29, 0.717) is 11.3 Å². The number of pyridine rings is 2. The van der Waals surface area contributed by atoms with Gasteiger partial charge in [0.05, 0.1) is 24.6 Å². The van der Waals surface area contributed by atoms with Crippen molar-refractivity contribution in [2.24, 2.45) is 0 Å². The zero-order valence-corrected chi connectivity index (χ0v) is 17.4. The predicted octanol–water partition coefficient (Wildman–Crippen LogP) is 4.16. The quantitative estimate of drug-likeness (QED) is 0.541. The van der Waals surface area contributed by atoms with Gasteiger partial charge in [-0.2, -0.15) is 0 Å². The van der Waals surface area contributed by atoms with Gasteiger partial charge in [-0.05, 0) is 43.3 Å². The van der Waals surface area contributed by atoms with Gasteiger partial charge < -0.3 is 9.64 Å². The third-order valence-corrected chi connectivity index (χ3v) is 4.94. The van der Waals surface area contributed by atoms with Crippen molar-refractivity contribution in [1.29, 1.82) is 0 Å². The standard InChI is InChI=1S/C23H21N5O3/c1-15-12-19(10-11-24-15)27(2)22(29)17-6-9-21-25-13-20(28(21)14-17)16-4-7-18(8-5-16)26-23(30)31-3/h4-14H,1-3H3,(H,26,30). The molecule has 4 aromatic rings. The lowest BCUT2D eigenvalue weighted by atomic mass is 10.1. The monoisotopic (exact) mass is 415 g/mol. The third-order valence-electron chi connectivity index (χ3n) is 4.94. The number of nitrogens with one attached hydrogen (secondary N) is 1. The Kier molecular flexibility index (Phi) is 5.36. The number of hydrogen-bond acceptors (Lipinski definition) is 5. The number of carbonyl (C=O) groups is 2. The second kappa shape index (κ2) is 8.27. The highest BCUT2D eigenvalue weighted by molar-refractivity contribution is 6.05. The fourth-order valence-electron chi connectivity index (χ4n) is 3.26. The number of amides is 2. The summed E-state index contributed by atoms with van der Waals surface area (Å²) >= 11 is 0. The molecule has 4 rings (SSSR count). The van der Waals surface area contributed by atoms with Crippen molar-refractivity contribution in [2.45, 2.75) is 6.92 Å². The van der Waals surface area contributed by atoms with Crippen LogP contribution in [0.25, 0.3) is 16.9 Å². The molecule has 2 amide bonds. The number of ether oxygens (including phenoxy) is 1. The van der Waals surface area contributed by atoms with Crippen molar-refractivity contribution in [1.82, 2.24) is 14.4 Å². The van der Waals surface area contributed by atoms with Crippen molar-refractivity contribution in [3.8, 4) is 11.3 Å². The first-order chi connectivity index (χ1) is 15.0. The molecular formula is C23H21N5O3. The molecule has 0 spiro atoms. The summed E-state index contributed by atoms with van der Waals surface area (Å²) in [5, 5.41) is 2.62. The van der Waals surface area contributed by atoms with Crippen molar-refractivity contribution >= 4 is 29.0 Å². The Morgan fingerprint density at radius 2 is 1.84 bits per heavy atom. The highest BCUT2D eigenvalue weighted by atomic mass is 16.5. The van der Waals surface area contributed by atoms with E-state index in [1.807, 2.05) is 35.6 Å². The van der Waals surface area contributed by atoms with Crippen molar-refractivity contribution in [3.63, 3.8) is 0 Å². The molecule has 0 aliphatic rings. The van der Waals surface area contributed by atoms with Crippen LogP contribution in [-0.2, 0) is 4.74 Å². The highest BCUT2D eigenvalue weighted by Crippen LogP contribution is 2.24. The molecule has 1 N–H and O–H groups in total. The number of carbonyl (C=O) groups excluding carboxylic acids is 2. The second-order valence-electron chi connectivity index (χ2n) is 7.00. The van der Waals surface area contributed by atoms with Crippen LogP contribution in [0.15, 0.2) is 67.1 Å². The van der Waals surface area contributed by atoms with E-state index >= 15 is 0 Å². The van der Waals surface area contributed by atoms with Gasteiger partial charge in [-0.1, -0.05) is 12.1 Å². The summed E-state index contributed by atoms with van der Waals surface area (Å²) < 4.78 is 6.48. The topological polar surface area (TPSA) is 88.8 Å². The number of methoxy groups -OCH3 is 1. The van der Waals surface area contributed by atoms with E-state index in [1.54, 1.807) is 54.8 Å². The molecule has 31 heavy (non-hydrogen) atoms. The van der Waals surface area contributed by atoms with Crippen LogP contribution < -0.4 is 10.2 Å². The summed E-state index contributed by atoms with van der Waals surface area (Å²) in [7, 11) is 3.05. The second-order valence-corrected chi connectivity index (χ2v) is 7.00. The Hall–Kier alpha value is -4.20. The molecule has 0 aliphatic carbocycles. The molecule has 0 radical (unpaired) electrons. The predicted molar refractivity (Wildman–Crippen MR) is 118 cm³/mol. The molecule has 0 saturated carbocycles. The molecule has 0 fully saturated rings. The van der Waals surface area contributed by atoms with Crippen LogP contribution in [0.2, 0.25) is 0 Å². The molecule has 8 nitrogen and oxygen atoms in total. The maximum atomic E-state index is 13.1. The summed E-state index contributed by atoms with van der Waals surface area (Å²) in [5.41, 5.74) is 5.22. The van der Waals surface area contributed by atoms with Gasteiger partial charge in [0, 0.05) is 42.1 Å². The van der Waals surface area contributed by atoms with E-state index in [9.17, 15) is 9.59 Å². The summed E-state index contributed by atoms with van der Waals surface area (Å²) in [6.45, 7) is 1.89. The van der Waals surface area contributed by atoms with Gasteiger partial charge in [0.2, 0.25) is 0 Å². The van der Waals surface area contributed by atoms with Crippen molar-refractivity contribution in [3.05, 3.63) is 78.4 Å². The molecule has 0 unspecified atom stereocenters. The number of anilines is 2. The van der Waals surface area contributed by atoms with Gasteiger partial charge in [-0.15, -0.1) is 0 Å². The van der Waals surface area contributed by atoms with Crippen LogP contribution in [-0.4, -0.2) is 40.5 Å². The van der Waals surface area contributed by atoms with E-state index < -0.39 is 6.09 Å². The van der Waals surface area contributed by atoms with Gasteiger partial charge >= 0.3 is 6.09 Å². The van der Waals surface area contributed by atoms with E-state index in [4.69, 9.17) is 0 Å².